The number of rotatable bonds is 13. The van der Waals surface area contributed by atoms with Crippen molar-refractivity contribution in [3.8, 4) is 11.5 Å². The highest BCUT2D eigenvalue weighted by Gasteiger charge is 2.13. The van der Waals surface area contributed by atoms with Gasteiger partial charge in [0, 0.05) is 18.8 Å². The minimum absolute atomic E-state index is 0.0803. The molecular formula is C27H31N5O6S. The van der Waals surface area contributed by atoms with Crippen molar-refractivity contribution >= 4 is 41.3 Å². The summed E-state index contributed by atoms with van der Waals surface area (Å²) >= 11 is 1.20. The molecule has 0 saturated heterocycles. The van der Waals surface area contributed by atoms with Crippen LogP contribution in [0.2, 0.25) is 0 Å². The molecule has 12 heteroatoms. The smallest absolute Gasteiger partial charge is 0.338 e. The van der Waals surface area contributed by atoms with E-state index in [1.165, 1.54) is 17.8 Å². The van der Waals surface area contributed by atoms with Crippen LogP contribution < -0.4 is 20.1 Å². The van der Waals surface area contributed by atoms with E-state index in [0.717, 1.165) is 12.0 Å². The first-order valence-electron chi connectivity index (χ1n) is 12.1. The Balaban J connectivity index is 1.48. The van der Waals surface area contributed by atoms with Gasteiger partial charge in [0.1, 0.15) is 0 Å². The Morgan fingerprint density at radius 3 is 2.59 bits per heavy atom. The van der Waals surface area contributed by atoms with Crippen LogP contribution in [0.15, 0.2) is 53.7 Å². The molecule has 39 heavy (non-hydrogen) atoms. The van der Waals surface area contributed by atoms with Crippen LogP contribution in [0.3, 0.4) is 0 Å². The summed E-state index contributed by atoms with van der Waals surface area (Å²) in [6.45, 7) is 2.41. The Kier molecular flexibility index (Phi) is 10.9. The number of thioether (sulfide) groups is 1. The van der Waals surface area contributed by atoms with Crippen LogP contribution in [0.1, 0.15) is 35.1 Å². The summed E-state index contributed by atoms with van der Waals surface area (Å²) in [5.41, 5.74) is 1.64. The van der Waals surface area contributed by atoms with Gasteiger partial charge in [-0.1, -0.05) is 30.8 Å². The number of hydrogen-bond acceptors (Lipinski definition) is 9. The van der Waals surface area contributed by atoms with Crippen molar-refractivity contribution in [2.24, 2.45) is 7.05 Å². The number of amides is 2. The van der Waals surface area contributed by atoms with Gasteiger partial charge in [-0.15, -0.1) is 10.2 Å². The summed E-state index contributed by atoms with van der Waals surface area (Å²) in [4.78, 5) is 36.8. The number of anilines is 1. The Bertz CT molecular complexity index is 1340. The van der Waals surface area contributed by atoms with Gasteiger partial charge < -0.3 is 29.4 Å². The molecule has 2 N–H and O–H groups in total. The van der Waals surface area contributed by atoms with Gasteiger partial charge >= 0.3 is 5.97 Å². The quantitative estimate of drug-likeness (QED) is 0.185. The van der Waals surface area contributed by atoms with Gasteiger partial charge in [0.25, 0.3) is 0 Å². The van der Waals surface area contributed by atoms with Gasteiger partial charge in [-0.05, 0) is 48.4 Å². The number of ether oxygens (including phenoxy) is 3. The second-order valence-corrected chi connectivity index (χ2v) is 9.12. The van der Waals surface area contributed by atoms with Gasteiger partial charge in [-0.2, -0.15) is 0 Å². The zero-order valence-electron chi connectivity index (χ0n) is 22.2. The molecule has 0 spiro atoms. The van der Waals surface area contributed by atoms with Crippen LogP contribution in [-0.2, 0) is 27.9 Å². The summed E-state index contributed by atoms with van der Waals surface area (Å²) < 4.78 is 17.3. The van der Waals surface area contributed by atoms with E-state index in [-0.39, 0.29) is 24.1 Å². The van der Waals surface area contributed by atoms with E-state index in [1.54, 1.807) is 68.3 Å². The van der Waals surface area contributed by atoms with Crippen molar-refractivity contribution < 1.29 is 28.6 Å². The average molecular weight is 554 g/mol. The van der Waals surface area contributed by atoms with E-state index in [4.69, 9.17) is 14.2 Å². The molecule has 2 aromatic carbocycles. The highest BCUT2D eigenvalue weighted by molar-refractivity contribution is 7.99. The van der Waals surface area contributed by atoms with Crippen LogP contribution in [-0.4, -0.2) is 59.1 Å². The van der Waals surface area contributed by atoms with Crippen molar-refractivity contribution in [3.05, 3.63) is 65.5 Å². The van der Waals surface area contributed by atoms with Crippen molar-refractivity contribution in [2.75, 3.05) is 31.9 Å². The van der Waals surface area contributed by atoms with Crippen molar-refractivity contribution in [1.82, 2.24) is 20.1 Å². The minimum Gasteiger partial charge on any atom is -0.493 e. The first kappa shape index (κ1) is 29.2. The lowest BCUT2D eigenvalue weighted by atomic mass is 10.2. The molecule has 0 aliphatic rings. The predicted octanol–water partition coefficient (Wildman–Crippen LogP) is 3.46. The molecule has 3 rings (SSSR count). The van der Waals surface area contributed by atoms with E-state index in [1.807, 2.05) is 13.0 Å². The molecule has 0 fully saturated rings. The largest absolute Gasteiger partial charge is 0.493 e. The summed E-state index contributed by atoms with van der Waals surface area (Å²) in [5.74, 6) is 0.780. The van der Waals surface area contributed by atoms with Crippen molar-refractivity contribution in [3.63, 3.8) is 0 Å². The summed E-state index contributed by atoms with van der Waals surface area (Å²) in [6.07, 6.45) is 3.81. The molecule has 0 unspecified atom stereocenters. The molecule has 0 radical (unpaired) electrons. The van der Waals surface area contributed by atoms with Crippen molar-refractivity contribution in [1.29, 1.82) is 0 Å². The minimum atomic E-state index is -0.433. The van der Waals surface area contributed by atoms with Gasteiger partial charge in [-0.3, -0.25) is 9.59 Å². The summed E-state index contributed by atoms with van der Waals surface area (Å²) in [7, 11) is 4.86. The van der Waals surface area contributed by atoms with E-state index in [0.29, 0.717) is 40.3 Å². The summed E-state index contributed by atoms with van der Waals surface area (Å²) in [5, 5.41) is 14.3. The van der Waals surface area contributed by atoms with Gasteiger partial charge in [0.2, 0.25) is 11.8 Å². The molecule has 0 saturated carbocycles. The predicted molar refractivity (Wildman–Crippen MR) is 148 cm³/mol. The van der Waals surface area contributed by atoms with E-state index in [2.05, 4.69) is 20.8 Å². The average Bonchev–Trinajstić information content (AvgIpc) is 3.31. The fourth-order valence-electron chi connectivity index (χ4n) is 3.31. The highest BCUT2D eigenvalue weighted by Crippen LogP contribution is 2.28. The molecular weight excluding hydrogens is 522 g/mol. The molecule has 0 bridgehead atoms. The van der Waals surface area contributed by atoms with Crippen LogP contribution in [0, 0.1) is 0 Å². The number of nitrogens with one attached hydrogen (secondary N) is 2. The molecule has 0 aliphatic heterocycles. The SMILES string of the molecule is CCCOC(=O)c1cccc(NC(=O)CSc2nnc(CNC(=O)C=Cc3ccc(OC)c(OC)c3)n2C)c1. The first-order chi connectivity index (χ1) is 18.8. The summed E-state index contributed by atoms with van der Waals surface area (Å²) in [6, 6.07) is 11.9. The van der Waals surface area contributed by atoms with E-state index < -0.39 is 5.97 Å². The molecule has 1 aromatic heterocycles. The third kappa shape index (κ3) is 8.60. The fraction of sp³-hybridized carbons (Fsp3) is 0.296. The first-order valence-corrected chi connectivity index (χ1v) is 13.1. The number of carbonyl (C=O) groups excluding carboxylic acids is 3. The molecule has 0 aliphatic carbocycles. The Morgan fingerprint density at radius 2 is 1.85 bits per heavy atom. The fourth-order valence-corrected chi connectivity index (χ4v) is 4.04. The number of esters is 1. The van der Waals surface area contributed by atoms with Crippen LogP contribution in [0.5, 0.6) is 11.5 Å². The van der Waals surface area contributed by atoms with Crippen LogP contribution >= 0.6 is 11.8 Å². The Labute approximate surface area is 230 Å². The number of nitrogens with zero attached hydrogens (tertiary/aromatic N) is 3. The standard InChI is InChI=1S/C27H31N5O6S/c1-5-13-38-26(35)19-7-6-8-20(15-19)29-25(34)17-39-27-31-30-23(32(27)2)16-28-24(33)12-10-18-9-11-21(36-3)22(14-18)37-4/h6-12,14-15H,5,13,16-17H2,1-4H3,(H,28,33)(H,29,34). The zero-order chi connectivity index (χ0) is 28.2. The Morgan fingerprint density at radius 1 is 1.05 bits per heavy atom. The lowest BCUT2D eigenvalue weighted by Gasteiger charge is -2.08. The maximum Gasteiger partial charge on any atom is 0.338 e. The monoisotopic (exact) mass is 553 g/mol. The molecule has 0 atom stereocenters. The van der Waals surface area contributed by atoms with Gasteiger partial charge in [0.15, 0.2) is 22.5 Å². The van der Waals surface area contributed by atoms with Gasteiger partial charge in [0.05, 0.1) is 38.7 Å². The highest BCUT2D eigenvalue weighted by atomic mass is 32.2. The van der Waals surface area contributed by atoms with Gasteiger partial charge in [-0.25, -0.2) is 4.79 Å². The topological polar surface area (TPSA) is 134 Å². The molecule has 2 amide bonds. The molecule has 1 heterocycles. The van der Waals surface area contributed by atoms with E-state index in [9.17, 15) is 14.4 Å². The lowest BCUT2D eigenvalue weighted by Crippen LogP contribution is -2.22. The van der Waals surface area contributed by atoms with Crippen molar-refractivity contribution in [2.45, 2.75) is 25.0 Å². The Hall–Kier alpha value is -4.32. The number of benzene rings is 2. The normalized spacial score (nSPS) is 10.8. The number of hydrogen-bond donors (Lipinski definition) is 2. The molecule has 3 aromatic rings. The molecule has 11 nitrogen and oxygen atoms in total. The number of carbonyl (C=O) groups is 3. The molecule has 206 valence electrons. The maximum absolute atomic E-state index is 12.5. The zero-order valence-corrected chi connectivity index (χ0v) is 23.0. The maximum atomic E-state index is 12.5. The second kappa shape index (κ2) is 14.6. The third-order valence-corrected chi connectivity index (χ3v) is 6.35. The van der Waals surface area contributed by atoms with Crippen LogP contribution in [0.4, 0.5) is 5.69 Å². The van der Waals surface area contributed by atoms with E-state index >= 15 is 0 Å². The lowest BCUT2D eigenvalue weighted by molar-refractivity contribution is -0.116. The number of aromatic nitrogens is 3. The van der Waals surface area contributed by atoms with Crippen LogP contribution in [0.25, 0.3) is 6.08 Å². The second-order valence-electron chi connectivity index (χ2n) is 8.18. The number of methoxy groups -OCH3 is 2. The third-order valence-electron chi connectivity index (χ3n) is 5.33.